The van der Waals surface area contributed by atoms with Crippen LogP contribution in [0, 0.1) is 0 Å². The predicted octanol–water partition coefficient (Wildman–Crippen LogP) is 1.80. The lowest BCUT2D eigenvalue weighted by Crippen LogP contribution is -2.35. The van der Waals surface area contributed by atoms with Gasteiger partial charge < -0.3 is 24.2 Å². The van der Waals surface area contributed by atoms with Crippen LogP contribution in [-0.2, 0) is 9.47 Å². The van der Waals surface area contributed by atoms with Crippen LogP contribution >= 0.6 is 0 Å². The molecule has 1 N–H and O–H groups in total. The molecule has 1 aromatic carbocycles. The van der Waals surface area contributed by atoms with E-state index in [0.717, 1.165) is 12.3 Å². The summed E-state index contributed by atoms with van der Waals surface area (Å²) in [7, 11) is 1.96. The number of likely N-dealkylation sites (N-methyl/N-ethyl adjacent to an activating group) is 1. The largest absolute Gasteiger partial charge is 0.492 e. The first kappa shape index (κ1) is 18.9. The van der Waals surface area contributed by atoms with Crippen molar-refractivity contribution in [3.05, 3.63) is 30.3 Å². The Morgan fingerprint density at radius 2 is 1.82 bits per heavy atom. The van der Waals surface area contributed by atoms with Crippen molar-refractivity contribution in [2.75, 3.05) is 46.6 Å². The third kappa shape index (κ3) is 9.73. The molecule has 0 amide bonds. The van der Waals surface area contributed by atoms with Crippen molar-refractivity contribution in [1.82, 2.24) is 4.90 Å². The summed E-state index contributed by atoms with van der Waals surface area (Å²) in [6, 6.07) is 9.72. The number of aliphatic hydroxyl groups is 1. The van der Waals surface area contributed by atoms with Crippen LogP contribution in [-0.4, -0.2) is 68.8 Å². The smallest absolute Gasteiger partial charge is 0.119 e. The molecule has 5 heteroatoms. The molecule has 0 aliphatic heterocycles. The maximum atomic E-state index is 9.90. The minimum atomic E-state index is -0.499. The molecule has 0 radical (unpaired) electrons. The molecule has 0 saturated heterocycles. The summed E-state index contributed by atoms with van der Waals surface area (Å²) in [5.41, 5.74) is 0. The number of ether oxygens (including phenoxy) is 3. The second-order valence-electron chi connectivity index (χ2n) is 5.57. The van der Waals surface area contributed by atoms with E-state index in [2.05, 4.69) is 0 Å². The molecule has 0 fully saturated rings. The molecule has 0 aliphatic rings. The van der Waals surface area contributed by atoms with Gasteiger partial charge in [-0.25, -0.2) is 0 Å². The van der Waals surface area contributed by atoms with Gasteiger partial charge in [-0.2, -0.15) is 0 Å². The Morgan fingerprint density at radius 3 is 2.50 bits per heavy atom. The fourth-order valence-electron chi connectivity index (χ4n) is 1.90. The Morgan fingerprint density at radius 1 is 1.09 bits per heavy atom. The number of hydrogen-bond acceptors (Lipinski definition) is 5. The van der Waals surface area contributed by atoms with Crippen LogP contribution in [0.5, 0.6) is 5.75 Å². The van der Waals surface area contributed by atoms with Crippen LogP contribution in [0.1, 0.15) is 13.8 Å². The Labute approximate surface area is 133 Å². The summed E-state index contributed by atoms with van der Waals surface area (Å²) in [6.45, 7) is 7.27. The SMILES string of the molecule is CC(C)OCCOCC(O)CN(C)CCOc1ccccc1. The lowest BCUT2D eigenvalue weighted by molar-refractivity contribution is -0.0174. The van der Waals surface area contributed by atoms with Crippen molar-refractivity contribution in [2.24, 2.45) is 0 Å². The molecular weight excluding hydrogens is 282 g/mol. The van der Waals surface area contributed by atoms with Crippen LogP contribution in [0.2, 0.25) is 0 Å². The highest BCUT2D eigenvalue weighted by Crippen LogP contribution is 2.07. The van der Waals surface area contributed by atoms with E-state index in [-0.39, 0.29) is 6.10 Å². The third-order valence-electron chi connectivity index (χ3n) is 3.00. The first-order chi connectivity index (χ1) is 10.6. The van der Waals surface area contributed by atoms with Gasteiger partial charge in [-0.05, 0) is 33.0 Å². The molecule has 0 spiro atoms. The van der Waals surface area contributed by atoms with Crippen molar-refractivity contribution >= 4 is 0 Å². The fraction of sp³-hybridized carbons (Fsp3) is 0.647. The zero-order valence-corrected chi connectivity index (χ0v) is 13.9. The third-order valence-corrected chi connectivity index (χ3v) is 3.00. The summed E-state index contributed by atoms with van der Waals surface area (Å²) in [6.07, 6.45) is -0.287. The van der Waals surface area contributed by atoms with Crippen LogP contribution in [0.25, 0.3) is 0 Å². The molecule has 1 rings (SSSR count). The zero-order valence-electron chi connectivity index (χ0n) is 13.9. The van der Waals surface area contributed by atoms with Gasteiger partial charge in [0.2, 0.25) is 0 Å². The lowest BCUT2D eigenvalue weighted by Gasteiger charge is -2.20. The van der Waals surface area contributed by atoms with E-state index in [4.69, 9.17) is 14.2 Å². The maximum Gasteiger partial charge on any atom is 0.119 e. The van der Waals surface area contributed by atoms with Crippen LogP contribution in [0.3, 0.4) is 0 Å². The Bertz CT molecular complexity index is 372. The van der Waals surface area contributed by atoms with Crippen LogP contribution in [0.4, 0.5) is 0 Å². The zero-order chi connectivity index (χ0) is 16.2. The minimum Gasteiger partial charge on any atom is -0.492 e. The maximum absolute atomic E-state index is 9.90. The number of benzene rings is 1. The Kier molecular flexibility index (Phi) is 9.82. The quantitative estimate of drug-likeness (QED) is 0.597. The monoisotopic (exact) mass is 311 g/mol. The van der Waals surface area contributed by atoms with Gasteiger partial charge in [0.1, 0.15) is 12.4 Å². The highest BCUT2D eigenvalue weighted by molar-refractivity contribution is 5.20. The normalized spacial score (nSPS) is 12.8. The predicted molar refractivity (Wildman–Crippen MR) is 87.3 cm³/mol. The second-order valence-corrected chi connectivity index (χ2v) is 5.57. The molecular formula is C17H29NO4. The minimum absolute atomic E-state index is 0.212. The number of hydrogen-bond donors (Lipinski definition) is 1. The van der Waals surface area contributed by atoms with E-state index in [1.54, 1.807) is 0 Å². The number of rotatable bonds is 12. The van der Waals surface area contributed by atoms with Gasteiger partial charge in [0.25, 0.3) is 0 Å². The van der Waals surface area contributed by atoms with Crippen molar-refractivity contribution < 1.29 is 19.3 Å². The summed E-state index contributed by atoms with van der Waals surface area (Å²) in [5.74, 6) is 0.866. The van der Waals surface area contributed by atoms with E-state index >= 15 is 0 Å². The number of aliphatic hydroxyl groups excluding tert-OH is 1. The topological polar surface area (TPSA) is 51.2 Å². The number of nitrogens with zero attached hydrogens (tertiary/aromatic N) is 1. The van der Waals surface area contributed by atoms with E-state index in [0.29, 0.717) is 33.0 Å². The molecule has 1 unspecified atom stereocenters. The summed E-state index contributed by atoms with van der Waals surface area (Å²) < 4.78 is 16.4. The van der Waals surface area contributed by atoms with E-state index in [9.17, 15) is 5.11 Å². The average molecular weight is 311 g/mol. The molecule has 1 aromatic rings. The van der Waals surface area contributed by atoms with Crippen molar-refractivity contribution in [3.63, 3.8) is 0 Å². The summed E-state index contributed by atoms with van der Waals surface area (Å²) in [4.78, 5) is 2.03. The van der Waals surface area contributed by atoms with Gasteiger partial charge in [-0.3, -0.25) is 0 Å². The highest BCUT2D eigenvalue weighted by atomic mass is 16.5. The van der Waals surface area contributed by atoms with Gasteiger partial charge in [0.15, 0.2) is 0 Å². The van der Waals surface area contributed by atoms with Crippen molar-refractivity contribution in [2.45, 2.75) is 26.1 Å². The van der Waals surface area contributed by atoms with Gasteiger partial charge in [0.05, 0.1) is 32.0 Å². The highest BCUT2D eigenvalue weighted by Gasteiger charge is 2.08. The molecule has 22 heavy (non-hydrogen) atoms. The van der Waals surface area contributed by atoms with Gasteiger partial charge in [0, 0.05) is 13.1 Å². The lowest BCUT2D eigenvalue weighted by atomic mass is 10.3. The molecule has 126 valence electrons. The van der Waals surface area contributed by atoms with E-state index < -0.39 is 6.10 Å². The molecule has 0 aromatic heterocycles. The van der Waals surface area contributed by atoms with Gasteiger partial charge >= 0.3 is 0 Å². The van der Waals surface area contributed by atoms with E-state index in [1.807, 2.05) is 56.1 Å². The van der Waals surface area contributed by atoms with Gasteiger partial charge in [-0.15, -0.1) is 0 Å². The number of para-hydroxylation sites is 1. The molecule has 0 heterocycles. The first-order valence-electron chi connectivity index (χ1n) is 7.81. The van der Waals surface area contributed by atoms with Crippen LogP contribution < -0.4 is 4.74 Å². The van der Waals surface area contributed by atoms with Crippen molar-refractivity contribution in [1.29, 1.82) is 0 Å². The Balaban J connectivity index is 2.02. The molecule has 0 saturated carbocycles. The molecule has 1 atom stereocenters. The van der Waals surface area contributed by atoms with Crippen molar-refractivity contribution in [3.8, 4) is 5.75 Å². The second kappa shape index (κ2) is 11.4. The summed E-state index contributed by atoms with van der Waals surface area (Å²) in [5, 5.41) is 9.90. The van der Waals surface area contributed by atoms with E-state index in [1.165, 1.54) is 0 Å². The average Bonchev–Trinajstić information content (AvgIpc) is 2.47. The van der Waals surface area contributed by atoms with Gasteiger partial charge in [-0.1, -0.05) is 18.2 Å². The Hall–Kier alpha value is -1.14. The molecule has 0 bridgehead atoms. The standard InChI is InChI=1S/C17H29NO4/c1-15(2)21-12-11-20-14-16(19)13-18(3)9-10-22-17-7-5-4-6-8-17/h4-8,15-16,19H,9-14H2,1-3H3. The summed E-state index contributed by atoms with van der Waals surface area (Å²) >= 11 is 0. The first-order valence-corrected chi connectivity index (χ1v) is 7.81. The fourth-order valence-corrected chi connectivity index (χ4v) is 1.90. The molecule has 5 nitrogen and oxygen atoms in total. The van der Waals surface area contributed by atoms with Crippen LogP contribution in [0.15, 0.2) is 30.3 Å². The molecule has 0 aliphatic carbocycles.